The summed E-state index contributed by atoms with van der Waals surface area (Å²) in [7, 11) is 0. The highest BCUT2D eigenvalue weighted by Crippen LogP contribution is 2.22. The van der Waals surface area contributed by atoms with Crippen LogP contribution in [0.4, 0.5) is 0 Å². The smallest absolute Gasteiger partial charge is 0.255 e. The molecule has 1 aromatic heterocycles. The molecule has 0 saturated carbocycles. The molecule has 1 aliphatic rings. The molecule has 1 N–H and O–H groups in total. The van der Waals surface area contributed by atoms with Crippen LogP contribution in [0.1, 0.15) is 20.1 Å². The Labute approximate surface area is 98.3 Å². The molecule has 5 heteroatoms. The highest BCUT2D eigenvalue weighted by molar-refractivity contribution is 7.12. The lowest BCUT2D eigenvalue weighted by Crippen LogP contribution is -2.50. The van der Waals surface area contributed by atoms with Crippen LogP contribution in [0.15, 0.2) is 6.07 Å². The maximum atomic E-state index is 12.1. The molecule has 0 radical (unpaired) electrons. The summed E-state index contributed by atoms with van der Waals surface area (Å²) in [6, 6.07) is 1.90. The first-order chi connectivity index (χ1) is 7.58. The average molecular weight is 238 g/mol. The van der Waals surface area contributed by atoms with E-state index in [0.29, 0.717) is 13.1 Å². The lowest BCUT2D eigenvalue weighted by atomic mass is 10.2. The predicted octanol–water partition coefficient (Wildman–Crippen LogP) is 0.937. The van der Waals surface area contributed by atoms with Crippen LogP contribution in [0.3, 0.4) is 0 Å². The van der Waals surface area contributed by atoms with Gasteiger partial charge in [0.2, 0.25) is 5.91 Å². The predicted molar refractivity (Wildman–Crippen MR) is 62.7 cm³/mol. The number of rotatable bonds is 1. The molecular formula is C11H14N2O2S. The first-order valence-corrected chi connectivity index (χ1v) is 6.02. The fourth-order valence-electron chi connectivity index (χ4n) is 1.83. The van der Waals surface area contributed by atoms with Crippen molar-refractivity contribution < 1.29 is 9.59 Å². The lowest BCUT2D eigenvalue weighted by molar-refractivity contribution is -0.123. The van der Waals surface area contributed by atoms with Gasteiger partial charge < -0.3 is 10.2 Å². The fraction of sp³-hybridized carbons (Fsp3) is 0.455. The van der Waals surface area contributed by atoms with Crippen LogP contribution < -0.4 is 5.32 Å². The van der Waals surface area contributed by atoms with Gasteiger partial charge in [0.25, 0.3) is 5.91 Å². The second-order valence-corrected chi connectivity index (χ2v) is 5.36. The second-order valence-electron chi connectivity index (χ2n) is 3.90. The molecule has 0 bridgehead atoms. The number of thiophene rings is 1. The lowest BCUT2D eigenvalue weighted by Gasteiger charge is -2.26. The summed E-state index contributed by atoms with van der Waals surface area (Å²) in [4.78, 5) is 27.1. The van der Waals surface area contributed by atoms with Crippen molar-refractivity contribution in [3.63, 3.8) is 0 Å². The molecule has 2 rings (SSSR count). The van der Waals surface area contributed by atoms with Crippen LogP contribution >= 0.6 is 11.3 Å². The first-order valence-electron chi connectivity index (χ1n) is 5.21. The van der Waals surface area contributed by atoms with Crippen molar-refractivity contribution >= 4 is 23.2 Å². The van der Waals surface area contributed by atoms with Crippen molar-refractivity contribution in [1.82, 2.24) is 10.2 Å². The van der Waals surface area contributed by atoms with Crippen molar-refractivity contribution in [2.45, 2.75) is 13.8 Å². The highest BCUT2D eigenvalue weighted by Gasteiger charge is 2.24. The van der Waals surface area contributed by atoms with Crippen LogP contribution in [-0.4, -0.2) is 36.3 Å². The zero-order chi connectivity index (χ0) is 11.7. The Morgan fingerprint density at radius 2 is 2.25 bits per heavy atom. The molecule has 0 atom stereocenters. The minimum Gasteiger partial charge on any atom is -0.353 e. The van der Waals surface area contributed by atoms with Crippen LogP contribution in [0, 0.1) is 13.8 Å². The topological polar surface area (TPSA) is 49.4 Å². The number of carbonyl (C=O) groups is 2. The van der Waals surface area contributed by atoms with Crippen LogP contribution in [0.25, 0.3) is 0 Å². The summed E-state index contributed by atoms with van der Waals surface area (Å²) in [6.07, 6.45) is 0. The summed E-state index contributed by atoms with van der Waals surface area (Å²) in [6.45, 7) is 5.24. The Morgan fingerprint density at radius 1 is 1.50 bits per heavy atom. The Kier molecular flexibility index (Phi) is 2.96. The zero-order valence-corrected chi connectivity index (χ0v) is 10.2. The van der Waals surface area contributed by atoms with Crippen molar-refractivity contribution in [3.8, 4) is 0 Å². The molecule has 86 valence electrons. The van der Waals surface area contributed by atoms with Crippen molar-refractivity contribution in [2.24, 2.45) is 0 Å². The van der Waals surface area contributed by atoms with E-state index in [0.717, 1.165) is 15.3 Å². The molecule has 1 fully saturated rings. The average Bonchev–Trinajstić information content (AvgIpc) is 2.57. The van der Waals surface area contributed by atoms with Crippen molar-refractivity contribution in [3.05, 3.63) is 21.4 Å². The van der Waals surface area contributed by atoms with E-state index in [1.807, 2.05) is 19.9 Å². The van der Waals surface area contributed by atoms with Gasteiger partial charge in [-0.3, -0.25) is 9.59 Å². The molecule has 0 aromatic carbocycles. The van der Waals surface area contributed by atoms with E-state index in [9.17, 15) is 9.59 Å². The van der Waals surface area contributed by atoms with E-state index >= 15 is 0 Å². The number of carbonyl (C=O) groups excluding carboxylic acids is 2. The third-order valence-electron chi connectivity index (χ3n) is 2.60. The maximum absolute atomic E-state index is 12.1. The normalized spacial score (nSPS) is 16.1. The molecule has 0 aliphatic carbocycles. The monoisotopic (exact) mass is 238 g/mol. The molecule has 2 amide bonds. The highest BCUT2D eigenvalue weighted by atomic mass is 32.1. The molecule has 1 aromatic rings. The molecule has 4 nitrogen and oxygen atoms in total. The summed E-state index contributed by atoms with van der Waals surface area (Å²) >= 11 is 1.61. The van der Waals surface area contributed by atoms with Crippen molar-refractivity contribution in [2.75, 3.05) is 19.6 Å². The first kappa shape index (κ1) is 11.1. The molecular weight excluding hydrogens is 224 g/mol. The Hall–Kier alpha value is -1.36. The Balaban J connectivity index is 2.18. The van der Waals surface area contributed by atoms with Gasteiger partial charge in [-0.05, 0) is 19.9 Å². The minimum absolute atomic E-state index is 0.0308. The second kappa shape index (κ2) is 4.25. The van der Waals surface area contributed by atoms with E-state index in [-0.39, 0.29) is 18.4 Å². The van der Waals surface area contributed by atoms with E-state index in [2.05, 4.69) is 5.32 Å². The molecule has 0 unspecified atom stereocenters. The molecule has 0 spiro atoms. The third-order valence-corrected chi connectivity index (χ3v) is 3.56. The summed E-state index contributed by atoms with van der Waals surface area (Å²) in [5.74, 6) is -0.110. The van der Waals surface area contributed by atoms with E-state index in [1.54, 1.807) is 16.2 Å². The summed E-state index contributed by atoms with van der Waals surface area (Å²) in [5.41, 5.74) is 0.734. The van der Waals surface area contributed by atoms with Crippen LogP contribution in [0.2, 0.25) is 0 Å². The quantitative estimate of drug-likeness (QED) is 0.791. The van der Waals surface area contributed by atoms with Crippen LogP contribution in [-0.2, 0) is 4.79 Å². The number of amides is 2. The largest absolute Gasteiger partial charge is 0.353 e. The number of nitrogens with one attached hydrogen (secondary N) is 1. The molecule has 2 heterocycles. The van der Waals surface area contributed by atoms with E-state index < -0.39 is 0 Å². The Bertz CT molecular complexity index is 439. The van der Waals surface area contributed by atoms with Gasteiger partial charge in [0.1, 0.15) is 0 Å². The summed E-state index contributed by atoms with van der Waals surface area (Å²) < 4.78 is 0. The molecule has 1 aliphatic heterocycles. The van der Waals surface area contributed by atoms with E-state index in [1.165, 1.54) is 0 Å². The standard InChI is InChI=1S/C11H14N2O2S/c1-7-5-9(8(2)16-7)11(15)13-4-3-12-10(14)6-13/h5H,3-4,6H2,1-2H3,(H,12,14). The van der Waals surface area contributed by atoms with E-state index in [4.69, 9.17) is 0 Å². The van der Waals surface area contributed by atoms with Crippen LogP contribution in [0.5, 0.6) is 0 Å². The summed E-state index contributed by atoms with van der Waals surface area (Å²) in [5, 5.41) is 2.71. The number of piperazine rings is 1. The maximum Gasteiger partial charge on any atom is 0.255 e. The molecule has 16 heavy (non-hydrogen) atoms. The van der Waals surface area contributed by atoms with Gasteiger partial charge in [-0.2, -0.15) is 0 Å². The number of aryl methyl sites for hydroxylation is 2. The minimum atomic E-state index is -0.0794. The molecule has 1 saturated heterocycles. The number of hydrogen-bond donors (Lipinski definition) is 1. The van der Waals surface area contributed by atoms with Gasteiger partial charge in [-0.15, -0.1) is 11.3 Å². The third kappa shape index (κ3) is 2.09. The fourth-order valence-corrected chi connectivity index (χ4v) is 2.74. The van der Waals surface area contributed by atoms with Gasteiger partial charge in [0, 0.05) is 22.8 Å². The number of nitrogens with zero attached hydrogens (tertiary/aromatic N) is 1. The van der Waals surface area contributed by atoms with Gasteiger partial charge in [0.05, 0.1) is 12.1 Å². The Morgan fingerprint density at radius 3 is 2.81 bits per heavy atom. The van der Waals surface area contributed by atoms with Gasteiger partial charge in [-0.1, -0.05) is 0 Å². The van der Waals surface area contributed by atoms with Crippen molar-refractivity contribution in [1.29, 1.82) is 0 Å². The van der Waals surface area contributed by atoms with Gasteiger partial charge >= 0.3 is 0 Å². The zero-order valence-electron chi connectivity index (χ0n) is 9.37. The number of hydrogen-bond acceptors (Lipinski definition) is 3. The van der Waals surface area contributed by atoms with Gasteiger partial charge in [-0.25, -0.2) is 0 Å². The SMILES string of the molecule is Cc1cc(C(=O)N2CCNC(=O)C2)c(C)s1. The van der Waals surface area contributed by atoms with Gasteiger partial charge in [0.15, 0.2) is 0 Å².